The molecule has 0 saturated carbocycles. The minimum atomic E-state index is -0.486. The van der Waals surface area contributed by atoms with Crippen LogP contribution in [0.3, 0.4) is 0 Å². The van der Waals surface area contributed by atoms with Crippen molar-refractivity contribution >= 4 is 11.8 Å². The van der Waals surface area contributed by atoms with Crippen molar-refractivity contribution in [1.82, 2.24) is 10.2 Å². The third kappa shape index (κ3) is 7.81. The van der Waals surface area contributed by atoms with Gasteiger partial charge in [0.05, 0.1) is 14.2 Å². The van der Waals surface area contributed by atoms with E-state index < -0.39 is 6.04 Å². The summed E-state index contributed by atoms with van der Waals surface area (Å²) >= 11 is 0. The molecule has 0 aromatic heterocycles. The summed E-state index contributed by atoms with van der Waals surface area (Å²) in [6.07, 6.45) is 3.00. The first-order valence-electron chi connectivity index (χ1n) is 11.8. The van der Waals surface area contributed by atoms with Crippen LogP contribution in [0.5, 0.6) is 11.5 Å². The third-order valence-electron chi connectivity index (χ3n) is 5.95. The molecule has 0 aliphatic rings. The molecule has 2 aromatic rings. The minimum absolute atomic E-state index is 0.0214. The molecule has 0 aliphatic heterocycles. The van der Waals surface area contributed by atoms with E-state index in [1.165, 1.54) is 0 Å². The maximum atomic E-state index is 13.4. The lowest BCUT2D eigenvalue weighted by Crippen LogP contribution is -2.51. The summed E-state index contributed by atoms with van der Waals surface area (Å²) in [5.74, 6) is 1.19. The van der Waals surface area contributed by atoms with Gasteiger partial charge < -0.3 is 19.7 Å². The molecule has 0 saturated heterocycles. The Bertz CT molecular complexity index is 885. The quantitative estimate of drug-likeness (QED) is 0.487. The fourth-order valence-corrected chi connectivity index (χ4v) is 3.77. The van der Waals surface area contributed by atoms with Crippen molar-refractivity contribution in [2.75, 3.05) is 20.8 Å². The molecule has 2 amide bonds. The van der Waals surface area contributed by atoms with E-state index in [4.69, 9.17) is 9.47 Å². The lowest BCUT2D eigenvalue weighted by atomic mass is 10.0. The number of aryl methyl sites for hydroxylation is 1. The number of benzene rings is 2. The summed E-state index contributed by atoms with van der Waals surface area (Å²) in [6, 6.07) is 15.3. The molecule has 6 heteroatoms. The van der Waals surface area contributed by atoms with Gasteiger partial charge in [-0.3, -0.25) is 9.59 Å². The van der Waals surface area contributed by atoms with Crippen molar-refractivity contribution in [1.29, 1.82) is 0 Å². The highest BCUT2D eigenvalue weighted by Crippen LogP contribution is 2.28. The molecule has 1 N–H and O–H groups in total. The Morgan fingerprint density at radius 2 is 1.61 bits per heavy atom. The lowest BCUT2D eigenvalue weighted by molar-refractivity contribution is -0.141. The van der Waals surface area contributed by atoms with Crippen molar-refractivity contribution < 1.29 is 19.1 Å². The largest absolute Gasteiger partial charge is 0.493 e. The monoisotopic (exact) mass is 454 g/mol. The van der Waals surface area contributed by atoms with Crippen LogP contribution in [0.1, 0.15) is 51.2 Å². The second-order valence-corrected chi connectivity index (χ2v) is 8.25. The van der Waals surface area contributed by atoms with Crippen molar-refractivity contribution in [2.45, 2.75) is 65.0 Å². The van der Waals surface area contributed by atoms with E-state index in [-0.39, 0.29) is 17.9 Å². The molecule has 0 bridgehead atoms. The maximum Gasteiger partial charge on any atom is 0.243 e. The zero-order valence-corrected chi connectivity index (χ0v) is 20.6. The normalized spacial score (nSPS) is 12.5. The van der Waals surface area contributed by atoms with Crippen molar-refractivity contribution in [3.05, 3.63) is 59.7 Å². The van der Waals surface area contributed by atoms with E-state index in [9.17, 15) is 9.59 Å². The van der Waals surface area contributed by atoms with Crippen LogP contribution < -0.4 is 14.8 Å². The van der Waals surface area contributed by atoms with E-state index in [0.29, 0.717) is 43.7 Å². The molecule has 0 radical (unpaired) electrons. The molecule has 0 unspecified atom stereocenters. The second kappa shape index (κ2) is 13.5. The highest BCUT2D eigenvalue weighted by molar-refractivity contribution is 5.88. The van der Waals surface area contributed by atoms with Gasteiger partial charge in [0.2, 0.25) is 11.8 Å². The number of methoxy groups -OCH3 is 2. The summed E-state index contributed by atoms with van der Waals surface area (Å²) < 4.78 is 10.7. The number of ether oxygens (including phenoxy) is 2. The number of carbonyl (C=O) groups is 2. The van der Waals surface area contributed by atoms with Gasteiger partial charge in [-0.15, -0.1) is 0 Å². The van der Waals surface area contributed by atoms with Gasteiger partial charge in [0.15, 0.2) is 11.5 Å². The van der Waals surface area contributed by atoms with Gasteiger partial charge in [-0.1, -0.05) is 50.2 Å². The van der Waals surface area contributed by atoms with Crippen molar-refractivity contribution in [2.24, 2.45) is 0 Å². The predicted octanol–water partition coefficient (Wildman–Crippen LogP) is 4.40. The van der Waals surface area contributed by atoms with Crippen molar-refractivity contribution in [3.8, 4) is 11.5 Å². The number of hydrogen-bond donors (Lipinski definition) is 1. The molecule has 0 aliphatic carbocycles. The lowest BCUT2D eigenvalue weighted by Gasteiger charge is -2.31. The van der Waals surface area contributed by atoms with Crippen LogP contribution in [0.25, 0.3) is 0 Å². The van der Waals surface area contributed by atoms with Crippen LogP contribution in [0.2, 0.25) is 0 Å². The van der Waals surface area contributed by atoms with Gasteiger partial charge in [0, 0.05) is 19.0 Å². The number of rotatable bonds is 13. The number of nitrogens with one attached hydrogen (secondary N) is 1. The van der Waals surface area contributed by atoms with E-state index >= 15 is 0 Å². The molecular weight excluding hydrogens is 416 g/mol. The molecule has 0 heterocycles. The van der Waals surface area contributed by atoms with Gasteiger partial charge in [0.25, 0.3) is 0 Å². The predicted molar refractivity (Wildman–Crippen MR) is 132 cm³/mol. The molecule has 180 valence electrons. The molecule has 2 atom stereocenters. The van der Waals surface area contributed by atoms with E-state index in [1.54, 1.807) is 19.1 Å². The summed E-state index contributed by atoms with van der Waals surface area (Å²) in [6.45, 7) is 6.48. The average Bonchev–Trinajstić information content (AvgIpc) is 2.85. The first-order chi connectivity index (χ1) is 15.9. The number of hydrogen-bond acceptors (Lipinski definition) is 4. The Kier molecular flexibility index (Phi) is 10.7. The van der Waals surface area contributed by atoms with E-state index in [0.717, 1.165) is 17.5 Å². The Labute approximate surface area is 198 Å². The molecule has 6 nitrogen and oxygen atoms in total. The molecule has 0 fully saturated rings. The summed E-state index contributed by atoms with van der Waals surface area (Å²) in [5, 5.41) is 3.05. The first-order valence-corrected chi connectivity index (χ1v) is 11.8. The summed E-state index contributed by atoms with van der Waals surface area (Å²) in [4.78, 5) is 28.1. The number of carbonyl (C=O) groups excluding carboxylic acids is 2. The van der Waals surface area contributed by atoms with Crippen LogP contribution in [0.15, 0.2) is 48.5 Å². The Morgan fingerprint density at radius 1 is 0.909 bits per heavy atom. The van der Waals surface area contributed by atoms with Crippen molar-refractivity contribution in [3.63, 3.8) is 0 Å². The van der Waals surface area contributed by atoms with Gasteiger partial charge in [-0.05, 0) is 55.9 Å². The average molecular weight is 455 g/mol. The topological polar surface area (TPSA) is 67.9 Å². The van der Waals surface area contributed by atoms with Gasteiger partial charge in [-0.2, -0.15) is 0 Å². The van der Waals surface area contributed by atoms with Crippen LogP contribution in [-0.4, -0.2) is 49.6 Å². The molecular formula is C27H38N2O4. The standard InChI is InChI=1S/C27H38N2O4/c1-6-20(3)28-27(31)23(7-2)29(18-17-21-11-9-8-10-12-21)26(30)16-14-22-13-15-24(32-4)25(19-22)33-5/h8-13,15,19-20,23H,6-7,14,16-18H2,1-5H3,(H,28,31)/t20-,23-/m1/s1. The van der Waals surface area contributed by atoms with E-state index in [1.807, 2.05) is 69.3 Å². The van der Waals surface area contributed by atoms with Gasteiger partial charge >= 0.3 is 0 Å². The molecule has 2 rings (SSSR count). The molecule has 2 aromatic carbocycles. The van der Waals surface area contributed by atoms with Crippen LogP contribution >= 0.6 is 0 Å². The zero-order valence-electron chi connectivity index (χ0n) is 20.6. The fraction of sp³-hybridized carbons (Fsp3) is 0.481. The van der Waals surface area contributed by atoms with Gasteiger partial charge in [-0.25, -0.2) is 0 Å². The third-order valence-corrected chi connectivity index (χ3v) is 5.95. The fourth-order valence-electron chi connectivity index (χ4n) is 3.77. The smallest absolute Gasteiger partial charge is 0.243 e. The SMILES string of the molecule is CC[C@@H](C)NC(=O)[C@@H](CC)N(CCc1ccccc1)C(=O)CCc1ccc(OC)c(OC)c1. The number of amides is 2. The minimum Gasteiger partial charge on any atom is -0.493 e. The van der Waals surface area contributed by atoms with Crippen LogP contribution in [0.4, 0.5) is 0 Å². The highest BCUT2D eigenvalue weighted by Gasteiger charge is 2.28. The van der Waals surface area contributed by atoms with Crippen LogP contribution in [0, 0.1) is 0 Å². The highest BCUT2D eigenvalue weighted by atomic mass is 16.5. The summed E-state index contributed by atoms with van der Waals surface area (Å²) in [5.41, 5.74) is 2.13. The summed E-state index contributed by atoms with van der Waals surface area (Å²) in [7, 11) is 3.20. The Balaban J connectivity index is 2.16. The van der Waals surface area contributed by atoms with E-state index in [2.05, 4.69) is 5.32 Å². The Morgan fingerprint density at radius 3 is 2.21 bits per heavy atom. The first kappa shape index (κ1) is 26.2. The second-order valence-electron chi connectivity index (χ2n) is 8.25. The molecule has 0 spiro atoms. The maximum absolute atomic E-state index is 13.4. The van der Waals surface area contributed by atoms with Crippen LogP contribution in [-0.2, 0) is 22.4 Å². The number of nitrogens with zero attached hydrogens (tertiary/aromatic N) is 1. The van der Waals surface area contributed by atoms with Gasteiger partial charge in [0.1, 0.15) is 6.04 Å². The Hall–Kier alpha value is -3.02. The zero-order chi connectivity index (χ0) is 24.2. The molecule has 33 heavy (non-hydrogen) atoms.